The Morgan fingerprint density at radius 2 is 1.79 bits per heavy atom. The average molecular weight is 264 g/mol. The highest BCUT2D eigenvalue weighted by atomic mass is 16.2. The molecule has 19 heavy (non-hydrogen) atoms. The molecule has 3 rings (SSSR count). The molecule has 106 valence electrons. The number of carbonyl (C=O) groups is 2. The van der Waals surface area contributed by atoms with Crippen molar-refractivity contribution in [3.8, 4) is 0 Å². The summed E-state index contributed by atoms with van der Waals surface area (Å²) in [6, 6.07) is 0.221. The lowest BCUT2D eigenvalue weighted by atomic mass is 9.99. The van der Waals surface area contributed by atoms with E-state index in [0.29, 0.717) is 24.9 Å². The molecule has 0 N–H and O–H groups in total. The van der Waals surface area contributed by atoms with E-state index in [1.807, 2.05) is 9.80 Å². The van der Waals surface area contributed by atoms with Crippen LogP contribution < -0.4 is 0 Å². The maximum atomic E-state index is 12.8. The van der Waals surface area contributed by atoms with Crippen LogP contribution in [0.15, 0.2) is 0 Å². The summed E-state index contributed by atoms with van der Waals surface area (Å²) in [5.74, 6) is 1.00. The lowest BCUT2D eigenvalue weighted by Crippen LogP contribution is -2.52. The quantitative estimate of drug-likeness (QED) is 0.724. The van der Waals surface area contributed by atoms with Crippen molar-refractivity contribution in [3.05, 3.63) is 0 Å². The first-order valence-electron chi connectivity index (χ1n) is 7.78. The minimum Gasteiger partial charge on any atom is -0.337 e. The van der Waals surface area contributed by atoms with Crippen molar-refractivity contribution in [2.75, 3.05) is 13.1 Å². The molecular formula is C15H24N2O2. The number of carbonyl (C=O) groups excluding carboxylic acids is 2. The number of nitrogens with zero attached hydrogens (tertiary/aromatic N) is 2. The van der Waals surface area contributed by atoms with E-state index < -0.39 is 0 Å². The van der Waals surface area contributed by atoms with Gasteiger partial charge in [0, 0.05) is 25.6 Å². The molecule has 3 unspecified atom stereocenters. The molecule has 3 atom stereocenters. The molecule has 0 radical (unpaired) electrons. The Hall–Kier alpha value is -1.06. The number of hydrogen-bond donors (Lipinski definition) is 0. The van der Waals surface area contributed by atoms with Gasteiger partial charge < -0.3 is 9.80 Å². The third-order valence-electron chi connectivity index (χ3n) is 5.17. The summed E-state index contributed by atoms with van der Waals surface area (Å²) in [6.45, 7) is 3.67. The molecule has 3 fully saturated rings. The molecule has 0 aromatic heterocycles. The van der Waals surface area contributed by atoms with Gasteiger partial charge in [-0.3, -0.25) is 9.59 Å². The summed E-state index contributed by atoms with van der Waals surface area (Å²) in [4.78, 5) is 28.9. The van der Waals surface area contributed by atoms with Crippen molar-refractivity contribution in [1.82, 2.24) is 9.80 Å². The molecule has 2 heterocycles. The third kappa shape index (κ3) is 2.26. The van der Waals surface area contributed by atoms with Crippen LogP contribution in [-0.4, -0.2) is 46.8 Å². The number of fused-ring (bicyclic) bond motifs is 1. The predicted octanol–water partition coefficient (Wildman–Crippen LogP) is 1.79. The summed E-state index contributed by atoms with van der Waals surface area (Å²) >= 11 is 0. The smallest absolute Gasteiger partial charge is 0.245 e. The molecule has 0 aromatic carbocycles. The summed E-state index contributed by atoms with van der Waals surface area (Å²) in [6.07, 6.45) is 7.07. The van der Waals surface area contributed by atoms with Crippen LogP contribution in [0, 0.1) is 5.92 Å². The van der Waals surface area contributed by atoms with Crippen molar-refractivity contribution < 1.29 is 9.59 Å². The van der Waals surface area contributed by atoms with Gasteiger partial charge in [-0.15, -0.1) is 0 Å². The lowest BCUT2D eigenvalue weighted by molar-refractivity contribution is -0.144. The zero-order valence-electron chi connectivity index (χ0n) is 11.8. The van der Waals surface area contributed by atoms with Gasteiger partial charge in [-0.25, -0.2) is 0 Å². The number of amides is 2. The molecule has 2 amide bonds. The van der Waals surface area contributed by atoms with Crippen molar-refractivity contribution in [2.45, 2.75) is 64.0 Å². The fraction of sp³-hybridized carbons (Fsp3) is 0.867. The van der Waals surface area contributed by atoms with Gasteiger partial charge in [-0.1, -0.05) is 13.3 Å². The van der Waals surface area contributed by atoms with Crippen molar-refractivity contribution in [1.29, 1.82) is 0 Å². The van der Waals surface area contributed by atoms with Gasteiger partial charge in [0.2, 0.25) is 11.8 Å². The molecule has 0 bridgehead atoms. The standard InChI is InChI=1S/C15H24N2O2/c1-11-5-4-7-12(11)17-10-8-14(18)16-9-3-2-6-13(16)15(17)19/h11-13H,2-10H2,1H3. The van der Waals surface area contributed by atoms with Gasteiger partial charge in [-0.2, -0.15) is 0 Å². The second-order valence-corrected chi connectivity index (χ2v) is 6.36. The Labute approximate surface area is 115 Å². The van der Waals surface area contributed by atoms with Crippen LogP contribution in [0.1, 0.15) is 51.9 Å². The van der Waals surface area contributed by atoms with Gasteiger partial charge >= 0.3 is 0 Å². The van der Waals surface area contributed by atoms with Gasteiger partial charge in [0.25, 0.3) is 0 Å². The van der Waals surface area contributed by atoms with Gasteiger partial charge in [-0.05, 0) is 38.0 Å². The fourth-order valence-corrected chi connectivity index (χ4v) is 4.07. The Bertz CT molecular complexity index is 382. The zero-order chi connectivity index (χ0) is 13.4. The molecule has 0 aromatic rings. The van der Waals surface area contributed by atoms with Crippen LogP contribution in [0.3, 0.4) is 0 Å². The van der Waals surface area contributed by atoms with Gasteiger partial charge in [0.1, 0.15) is 6.04 Å². The summed E-state index contributed by atoms with van der Waals surface area (Å²) in [5.41, 5.74) is 0. The van der Waals surface area contributed by atoms with Crippen molar-refractivity contribution in [2.24, 2.45) is 5.92 Å². The summed E-state index contributed by atoms with van der Waals surface area (Å²) in [5, 5.41) is 0. The van der Waals surface area contributed by atoms with E-state index in [1.54, 1.807) is 0 Å². The van der Waals surface area contributed by atoms with Crippen LogP contribution in [0.4, 0.5) is 0 Å². The number of rotatable bonds is 1. The lowest BCUT2D eigenvalue weighted by Gasteiger charge is -2.37. The molecule has 1 aliphatic carbocycles. The Balaban J connectivity index is 1.82. The van der Waals surface area contributed by atoms with Crippen LogP contribution in [-0.2, 0) is 9.59 Å². The predicted molar refractivity (Wildman–Crippen MR) is 72.5 cm³/mol. The minimum absolute atomic E-state index is 0.156. The highest BCUT2D eigenvalue weighted by Crippen LogP contribution is 2.32. The van der Waals surface area contributed by atoms with E-state index in [4.69, 9.17) is 0 Å². The van der Waals surface area contributed by atoms with Crippen LogP contribution >= 0.6 is 0 Å². The highest BCUT2D eigenvalue weighted by molar-refractivity contribution is 5.90. The molecule has 2 aliphatic heterocycles. The second kappa shape index (κ2) is 5.14. The number of piperidine rings is 1. The third-order valence-corrected chi connectivity index (χ3v) is 5.17. The molecule has 1 saturated carbocycles. The Morgan fingerprint density at radius 3 is 2.53 bits per heavy atom. The topological polar surface area (TPSA) is 40.6 Å². The maximum Gasteiger partial charge on any atom is 0.245 e. The van der Waals surface area contributed by atoms with Gasteiger partial charge in [0.15, 0.2) is 0 Å². The number of hydrogen-bond acceptors (Lipinski definition) is 2. The van der Waals surface area contributed by atoms with Crippen molar-refractivity contribution >= 4 is 11.8 Å². The molecular weight excluding hydrogens is 240 g/mol. The molecule has 4 nitrogen and oxygen atoms in total. The van der Waals surface area contributed by atoms with Crippen LogP contribution in [0.2, 0.25) is 0 Å². The minimum atomic E-state index is -0.156. The normalized spacial score (nSPS) is 36.4. The second-order valence-electron chi connectivity index (χ2n) is 6.36. The first-order chi connectivity index (χ1) is 9.18. The Morgan fingerprint density at radius 1 is 0.947 bits per heavy atom. The largest absolute Gasteiger partial charge is 0.337 e. The van der Waals surface area contributed by atoms with Crippen molar-refractivity contribution in [3.63, 3.8) is 0 Å². The van der Waals surface area contributed by atoms with E-state index in [9.17, 15) is 9.59 Å². The van der Waals surface area contributed by atoms with Crippen LogP contribution in [0.25, 0.3) is 0 Å². The first-order valence-corrected chi connectivity index (χ1v) is 7.78. The Kier molecular flexibility index (Phi) is 3.50. The summed E-state index contributed by atoms with van der Waals surface area (Å²) in [7, 11) is 0. The van der Waals surface area contributed by atoms with E-state index in [-0.39, 0.29) is 17.9 Å². The SMILES string of the molecule is CC1CCCC1N1CCC(=O)N2CCCCC2C1=O. The summed E-state index contributed by atoms with van der Waals surface area (Å²) < 4.78 is 0. The molecule has 3 aliphatic rings. The fourth-order valence-electron chi connectivity index (χ4n) is 4.07. The monoisotopic (exact) mass is 264 g/mol. The van der Waals surface area contributed by atoms with E-state index in [0.717, 1.165) is 32.2 Å². The average Bonchev–Trinajstić information content (AvgIpc) is 2.80. The van der Waals surface area contributed by atoms with E-state index in [1.165, 1.54) is 12.8 Å². The first kappa shape index (κ1) is 12.9. The molecule has 2 saturated heterocycles. The van der Waals surface area contributed by atoms with Gasteiger partial charge in [0.05, 0.1) is 0 Å². The molecule has 0 spiro atoms. The zero-order valence-corrected chi connectivity index (χ0v) is 11.8. The van der Waals surface area contributed by atoms with E-state index in [2.05, 4.69) is 6.92 Å². The molecule has 4 heteroatoms. The maximum absolute atomic E-state index is 12.8. The van der Waals surface area contributed by atoms with E-state index >= 15 is 0 Å². The highest BCUT2D eigenvalue weighted by Gasteiger charge is 2.41. The van der Waals surface area contributed by atoms with Crippen LogP contribution in [0.5, 0.6) is 0 Å².